The molecule has 4 rings (SSSR count). The molecule has 2 unspecified atom stereocenters. The summed E-state index contributed by atoms with van der Waals surface area (Å²) in [5.74, 6) is -8.17. The number of allylic oxidation sites excluding steroid dienone is 3. The van der Waals surface area contributed by atoms with Crippen LogP contribution in [0.1, 0.15) is 115 Å². The van der Waals surface area contributed by atoms with Crippen molar-refractivity contribution in [1.29, 1.82) is 0 Å². The first-order chi connectivity index (χ1) is 38.7. The van der Waals surface area contributed by atoms with Crippen molar-refractivity contribution in [3.8, 4) is 0 Å². The summed E-state index contributed by atoms with van der Waals surface area (Å²) in [5.41, 5.74) is -0.840. The van der Waals surface area contributed by atoms with E-state index in [4.69, 9.17) is 72.5 Å². The number of aliphatic hydroxyl groups excluding tert-OH is 4. The standard InChI is InChI=1S/C53H87NO19.C4H6O6/c1-16-39-36(26-65-52-49(64-15)48(63-14)47(32(8)68-52)71-40(59)21-27(2)3)22-28(4)17-18-37(57)29(5)23-35(19-20-55)45(30(6)38(58)24-41(60)70-39)73-51-44(61)43(54(12)13)46(31(7)67-51)72-42-25-53(11,62)50(33(9)66-42)69-34(10)56;5-1(3(7)8)2(6)4(9)10/h17-18,20,22,27,29-33,35-36,38-39,42-52,58,61-62H,16,19,21,23-26H2,1-15H3;1-2,5-6H,(H,7,8)(H,9,10)/b18-17+,28-22-;/t29-,30+,31-,32-,33+,35+,36-,38-,39?,42+,43-,44-,45?,46-,47-,48-,49-,50+,51-,52-,53-;1-,2-/m11/s1. The minimum absolute atomic E-state index is 0.0405. The average molecular weight is 1190 g/mol. The van der Waals surface area contributed by atoms with E-state index in [1.807, 2.05) is 26.8 Å². The number of ether oxygens (including phenoxy) is 11. The number of carboxylic acid groups (broad SMARTS) is 2. The lowest BCUT2D eigenvalue weighted by Crippen LogP contribution is -2.65. The quantitative estimate of drug-likeness (QED) is 0.0520. The van der Waals surface area contributed by atoms with Gasteiger partial charge in [0.2, 0.25) is 0 Å². The number of hydrogen-bond acceptors (Lipinski definition) is 24. The number of aliphatic carboxylic acids is 2. The van der Waals surface area contributed by atoms with Gasteiger partial charge in [-0.3, -0.25) is 19.2 Å². The maximum Gasteiger partial charge on any atom is 0.335 e. The second-order valence-corrected chi connectivity index (χ2v) is 23.0. The fraction of sp³-hybridized carbons (Fsp3) is 0.807. The Morgan fingerprint density at radius 2 is 1.42 bits per heavy atom. The molecule has 0 aliphatic carbocycles. The van der Waals surface area contributed by atoms with Gasteiger partial charge in [-0.25, -0.2) is 9.59 Å². The molecule has 476 valence electrons. The average Bonchev–Trinajstić information content (AvgIpc) is 3.27. The first-order valence-corrected chi connectivity index (χ1v) is 28.1. The van der Waals surface area contributed by atoms with Crippen LogP contribution >= 0.6 is 0 Å². The van der Waals surface area contributed by atoms with Crippen LogP contribution in [0.4, 0.5) is 0 Å². The summed E-state index contributed by atoms with van der Waals surface area (Å²) in [7, 11) is 6.45. The van der Waals surface area contributed by atoms with E-state index in [1.165, 1.54) is 34.1 Å². The third kappa shape index (κ3) is 20.9. The largest absolute Gasteiger partial charge is 0.479 e. The fourth-order valence-corrected chi connectivity index (χ4v) is 10.9. The van der Waals surface area contributed by atoms with E-state index in [-0.39, 0.29) is 44.0 Å². The molecule has 7 N–H and O–H groups in total. The van der Waals surface area contributed by atoms with E-state index in [0.29, 0.717) is 18.3 Å². The van der Waals surface area contributed by atoms with Gasteiger partial charge in [0.05, 0.1) is 49.6 Å². The summed E-state index contributed by atoms with van der Waals surface area (Å²) in [6.45, 7) is 18.8. The van der Waals surface area contributed by atoms with E-state index in [0.717, 1.165) is 0 Å². The van der Waals surface area contributed by atoms with Crippen LogP contribution in [0, 0.1) is 29.6 Å². The highest BCUT2D eigenvalue weighted by Crippen LogP contribution is 2.38. The molecule has 0 aromatic carbocycles. The molecule has 0 bridgehead atoms. The molecule has 83 heavy (non-hydrogen) atoms. The summed E-state index contributed by atoms with van der Waals surface area (Å²) in [5, 5.41) is 67.9. The Labute approximate surface area is 485 Å². The van der Waals surface area contributed by atoms with E-state index in [2.05, 4.69) is 0 Å². The van der Waals surface area contributed by atoms with Crippen molar-refractivity contribution in [3.63, 3.8) is 0 Å². The second-order valence-electron chi connectivity index (χ2n) is 23.0. The van der Waals surface area contributed by atoms with Crippen molar-refractivity contribution >= 4 is 41.9 Å². The Morgan fingerprint density at radius 3 is 1.94 bits per heavy atom. The Hall–Kier alpha value is -4.39. The van der Waals surface area contributed by atoms with Crippen LogP contribution in [-0.2, 0) is 85.7 Å². The van der Waals surface area contributed by atoms with Gasteiger partial charge in [0.25, 0.3) is 0 Å². The molecule has 0 spiro atoms. The summed E-state index contributed by atoms with van der Waals surface area (Å²) in [6.07, 6.45) is -13.0. The van der Waals surface area contributed by atoms with Gasteiger partial charge < -0.3 is 97.5 Å². The molecular formula is C57H93NO25. The molecule has 3 fully saturated rings. The van der Waals surface area contributed by atoms with E-state index in [9.17, 15) is 48.9 Å². The Bertz CT molecular complexity index is 2150. The number of methoxy groups -OCH3 is 2. The van der Waals surface area contributed by atoms with Crippen molar-refractivity contribution < 1.29 is 121 Å². The Kier molecular flexibility index (Phi) is 29.4. The maximum absolute atomic E-state index is 14.0. The lowest BCUT2D eigenvalue weighted by Gasteiger charge is -2.50. The van der Waals surface area contributed by atoms with Gasteiger partial charge >= 0.3 is 29.8 Å². The highest BCUT2D eigenvalue weighted by molar-refractivity contribution is 5.91. The molecule has 3 saturated heterocycles. The van der Waals surface area contributed by atoms with Gasteiger partial charge in [-0.05, 0) is 79.5 Å². The number of cyclic esters (lactones) is 1. The van der Waals surface area contributed by atoms with Crippen molar-refractivity contribution in [2.45, 2.75) is 231 Å². The number of carbonyl (C=O) groups excluding carboxylic acids is 5. The van der Waals surface area contributed by atoms with Crippen LogP contribution in [0.15, 0.2) is 23.8 Å². The molecule has 0 aromatic rings. The monoisotopic (exact) mass is 1190 g/mol. The van der Waals surface area contributed by atoms with Crippen molar-refractivity contribution in [1.82, 2.24) is 4.90 Å². The molecule has 0 amide bonds. The van der Waals surface area contributed by atoms with Gasteiger partial charge in [-0.2, -0.15) is 0 Å². The predicted octanol–water partition coefficient (Wildman–Crippen LogP) is 1.88. The number of carbonyl (C=O) groups is 7. The SMILES string of the molecule is CCC1OC(=O)C[C@@H](O)[C@H](C)C(O[C@H]2O[C@H](C)[C@@H](O[C@H]3C[C@@](C)(O)[C@@H](OC(C)=O)[C@H](C)O3)[C@H](N(C)C)[C@H]2O)[C@@H](CC=O)C[C@@H](C)C(=O)/C=C/C(C)=C\[C@@H]1CO[C@@H]1O[C@H](C)[C@@H](OC(=O)CC(C)C)[C@@H](OC)[C@H]1OC.O=C(O)[C@H](O)[C@@H](O)C(=O)O. The first kappa shape index (κ1) is 72.9. The number of carboxylic acids is 2. The molecule has 0 radical (unpaired) electrons. The Morgan fingerprint density at radius 1 is 0.831 bits per heavy atom. The van der Waals surface area contributed by atoms with Crippen LogP contribution in [0.5, 0.6) is 0 Å². The van der Waals surface area contributed by atoms with Crippen LogP contribution in [0.2, 0.25) is 0 Å². The zero-order valence-electron chi connectivity index (χ0n) is 50.5. The predicted molar refractivity (Wildman–Crippen MR) is 290 cm³/mol. The molecule has 0 aromatic heterocycles. The van der Waals surface area contributed by atoms with E-state index >= 15 is 0 Å². The summed E-state index contributed by atoms with van der Waals surface area (Å²) < 4.78 is 67.2. The number of aldehydes is 1. The number of ketones is 1. The number of likely N-dealkylation sites (N-methyl/N-ethyl adjacent to an activating group) is 1. The number of nitrogens with zero attached hydrogens (tertiary/aromatic N) is 1. The highest BCUT2D eigenvalue weighted by Gasteiger charge is 2.53. The number of rotatable bonds is 20. The molecular weight excluding hydrogens is 1100 g/mol. The lowest BCUT2D eigenvalue weighted by atomic mass is 9.79. The molecule has 23 atom stereocenters. The number of esters is 3. The van der Waals surface area contributed by atoms with Crippen LogP contribution in [0.25, 0.3) is 0 Å². The third-order valence-electron chi connectivity index (χ3n) is 15.3. The van der Waals surface area contributed by atoms with Gasteiger partial charge in [0, 0.05) is 58.2 Å². The normalized spacial score (nSPS) is 38.5. The van der Waals surface area contributed by atoms with Gasteiger partial charge in [0.1, 0.15) is 42.4 Å². The number of aliphatic hydroxyl groups is 5. The molecule has 4 aliphatic rings. The fourth-order valence-electron chi connectivity index (χ4n) is 10.9. The highest BCUT2D eigenvalue weighted by atomic mass is 16.7. The van der Waals surface area contributed by atoms with Crippen molar-refractivity contribution in [2.24, 2.45) is 29.6 Å². The van der Waals surface area contributed by atoms with Crippen LogP contribution in [0.3, 0.4) is 0 Å². The first-order valence-electron chi connectivity index (χ1n) is 28.1. The minimum atomic E-state index is -2.27. The summed E-state index contributed by atoms with van der Waals surface area (Å²) in [4.78, 5) is 86.0. The van der Waals surface area contributed by atoms with Gasteiger partial charge in [-0.1, -0.05) is 52.3 Å². The summed E-state index contributed by atoms with van der Waals surface area (Å²) in [6, 6.07) is -0.786. The van der Waals surface area contributed by atoms with Crippen LogP contribution < -0.4 is 0 Å². The van der Waals surface area contributed by atoms with Gasteiger partial charge in [-0.15, -0.1) is 0 Å². The van der Waals surface area contributed by atoms with E-state index in [1.54, 1.807) is 66.6 Å². The van der Waals surface area contributed by atoms with Crippen molar-refractivity contribution in [2.75, 3.05) is 34.9 Å². The molecule has 4 aliphatic heterocycles. The molecule has 26 heteroatoms. The molecule has 4 heterocycles. The zero-order valence-corrected chi connectivity index (χ0v) is 50.5. The molecule has 26 nitrogen and oxygen atoms in total. The lowest BCUT2D eigenvalue weighted by molar-refractivity contribution is -0.342. The maximum atomic E-state index is 14.0. The molecule has 0 saturated carbocycles. The number of hydrogen-bond donors (Lipinski definition) is 7. The minimum Gasteiger partial charge on any atom is -0.479 e. The zero-order chi connectivity index (χ0) is 63.0. The summed E-state index contributed by atoms with van der Waals surface area (Å²) >= 11 is 0. The smallest absolute Gasteiger partial charge is 0.335 e. The topological polar surface area (TPSA) is 366 Å². The third-order valence-corrected chi connectivity index (χ3v) is 15.3. The van der Waals surface area contributed by atoms with Crippen molar-refractivity contribution in [3.05, 3.63) is 23.8 Å². The van der Waals surface area contributed by atoms with E-state index < -0.39 is 176 Å². The second kappa shape index (κ2) is 33.5. The van der Waals surface area contributed by atoms with Gasteiger partial charge in [0.15, 0.2) is 49.1 Å². The Balaban J connectivity index is 0.00000164. The van der Waals surface area contributed by atoms with Crippen LogP contribution in [-0.4, -0.2) is 233 Å².